The Balaban J connectivity index is 0.00000225. The summed E-state index contributed by atoms with van der Waals surface area (Å²) in [4.78, 5) is 14.8. The second kappa shape index (κ2) is 7.77. The van der Waals surface area contributed by atoms with Crippen LogP contribution in [0.3, 0.4) is 0 Å². The van der Waals surface area contributed by atoms with Crippen LogP contribution < -0.4 is 0 Å². The van der Waals surface area contributed by atoms with Crippen LogP contribution in [0.2, 0.25) is 5.02 Å². The lowest BCUT2D eigenvalue weighted by Crippen LogP contribution is -2.41. The number of carbonyl (C=O) groups excluding carboxylic acids is 1. The fourth-order valence-electron chi connectivity index (χ4n) is 3.28. The quantitative estimate of drug-likeness (QED) is 0.725. The molecule has 0 radical (unpaired) electrons. The monoisotopic (exact) mass is 379 g/mol. The van der Waals surface area contributed by atoms with Crippen LogP contribution in [0.4, 0.5) is 0 Å². The molecule has 0 fully saturated rings. The van der Waals surface area contributed by atoms with Crippen LogP contribution in [-0.4, -0.2) is 31.5 Å². The second-order valence-corrected chi connectivity index (χ2v) is 7.16. The lowest BCUT2D eigenvalue weighted by Gasteiger charge is -2.39. The summed E-state index contributed by atoms with van der Waals surface area (Å²) < 4.78 is 6.02. The molecule has 3 rings (SSSR count). The third kappa shape index (κ3) is 4.00. The number of aryl methyl sites for hydroxylation is 1. The molecule has 1 unspecified atom stereocenters. The van der Waals surface area contributed by atoms with Crippen molar-refractivity contribution in [1.29, 1.82) is 0 Å². The van der Waals surface area contributed by atoms with Crippen LogP contribution in [0.5, 0.6) is 0 Å². The molecule has 0 N–H and O–H groups in total. The molecular formula is C20H23Cl2NO2. The van der Waals surface area contributed by atoms with Crippen molar-refractivity contribution in [2.45, 2.75) is 25.4 Å². The molecule has 25 heavy (non-hydrogen) atoms. The number of hydrogen-bond acceptors (Lipinski definition) is 3. The number of carbonyl (C=O) groups is 1. The van der Waals surface area contributed by atoms with E-state index in [1.54, 1.807) is 0 Å². The predicted octanol–water partition coefficient (Wildman–Crippen LogP) is 4.63. The fourth-order valence-corrected chi connectivity index (χ4v) is 3.41. The molecule has 2 aromatic carbocycles. The Morgan fingerprint density at radius 1 is 1.16 bits per heavy atom. The highest BCUT2D eigenvalue weighted by atomic mass is 35.5. The standard InChI is InChI=1S/C20H22ClNO2.ClH/c1-14-5-4-6-17-18(14)13-20(24-19(17)23,11-12-22(2)3)15-7-9-16(21)10-8-15;/h4-10H,11-13H2,1-3H3;1H. The molecule has 0 spiro atoms. The van der Waals surface area contributed by atoms with Gasteiger partial charge in [0.1, 0.15) is 5.60 Å². The van der Waals surface area contributed by atoms with Gasteiger partial charge in [0.15, 0.2) is 0 Å². The minimum atomic E-state index is -0.648. The van der Waals surface area contributed by atoms with E-state index in [1.807, 2.05) is 50.5 Å². The Hall–Kier alpha value is -1.55. The Morgan fingerprint density at radius 3 is 2.48 bits per heavy atom. The average Bonchev–Trinajstić information content (AvgIpc) is 2.55. The van der Waals surface area contributed by atoms with Gasteiger partial charge in [0, 0.05) is 24.4 Å². The average molecular weight is 380 g/mol. The lowest BCUT2D eigenvalue weighted by molar-refractivity contribution is -0.0356. The van der Waals surface area contributed by atoms with Crippen molar-refractivity contribution in [3.05, 3.63) is 69.7 Å². The molecule has 0 saturated carbocycles. The number of rotatable bonds is 4. The van der Waals surface area contributed by atoms with Crippen LogP contribution in [0.15, 0.2) is 42.5 Å². The molecule has 1 aliphatic heterocycles. The van der Waals surface area contributed by atoms with E-state index in [2.05, 4.69) is 17.9 Å². The maximum absolute atomic E-state index is 12.7. The first kappa shape index (κ1) is 19.8. The first-order chi connectivity index (χ1) is 11.4. The van der Waals surface area contributed by atoms with Crippen molar-refractivity contribution in [2.24, 2.45) is 0 Å². The molecule has 1 aliphatic rings. The van der Waals surface area contributed by atoms with Gasteiger partial charge in [0.2, 0.25) is 0 Å². The number of esters is 1. The fraction of sp³-hybridized carbons (Fsp3) is 0.350. The van der Waals surface area contributed by atoms with E-state index in [0.717, 1.165) is 29.7 Å². The normalized spacial score (nSPS) is 19.2. The number of fused-ring (bicyclic) bond motifs is 1. The van der Waals surface area contributed by atoms with Crippen LogP contribution in [-0.2, 0) is 16.8 Å². The maximum Gasteiger partial charge on any atom is 0.339 e. The number of nitrogens with zero attached hydrogens (tertiary/aromatic N) is 1. The molecule has 2 aromatic rings. The summed E-state index contributed by atoms with van der Waals surface area (Å²) >= 11 is 6.04. The predicted molar refractivity (Wildman–Crippen MR) is 104 cm³/mol. The van der Waals surface area contributed by atoms with Gasteiger partial charge in [0.25, 0.3) is 0 Å². The molecule has 1 heterocycles. The molecule has 0 aliphatic carbocycles. The molecular weight excluding hydrogens is 357 g/mol. The van der Waals surface area contributed by atoms with E-state index >= 15 is 0 Å². The smallest absolute Gasteiger partial charge is 0.339 e. The van der Waals surface area contributed by atoms with Gasteiger partial charge < -0.3 is 9.64 Å². The summed E-state index contributed by atoms with van der Waals surface area (Å²) in [5.41, 5.74) is 3.25. The third-order valence-corrected chi connectivity index (χ3v) is 4.97. The summed E-state index contributed by atoms with van der Waals surface area (Å²) in [6.07, 6.45) is 1.43. The van der Waals surface area contributed by atoms with E-state index in [9.17, 15) is 4.79 Å². The Morgan fingerprint density at radius 2 is 1.84 bits per heavy atom. The van der Waals surface area contributed by atoms with E-state index in [1.165, 1.54) is 0 Å². The topological polar surface area (TPSA) is 29.5 Å². The Kier molecular flexibility index (Phi) is 6.15. The minimum Gasteiger partial charge on any atom is -0.450 e. The van der Waals surface area contributed by atoms with Crippen LogP contribution in [0.25, 0.3) is 0 Å². The van der Waals surface area contributed by atoms with Crippen molar-refractivity contribution >= 4 is 30.0 Å². The van der Waals surface area contributed by atoms with Crippen LogP contribution in [0, 0.1) is 6.92 Å². The molecule has 1 atom stereocenters. The van der Waals surface area contributed by atoms with Gasteiger partial charge in [-0.25, -0.2) is 4.79 Å². The molecule has 3 nitrogen and oxygen atoms in total. The van der Waals surface area contributed by atoms with Gasteiger partial charge in [-0.3, -0.25) is 0 Å². The highest BCUT2D eigenvalue weighted by Crippen LogP contribution is 2.40. The summed E-state index contributed by atoms with van der Waals surface area (Å²) in [6.45, 7) is 2.88. The van der Waals surface area contributed by atoms with Gasteiger partial charge >= 0.3 is 5.97 Å². The van der Waals surface area contributed by atoms with Crippen LogP contribution in [0.1, 0.15) is 33.5 Å². The summed E-state index contributed by atoms with van der Waals surface area (Å²) in [5, 5.41) is 0.681. The van der Waals surface area contributed by atoms with Gasteiger partial charge in [-0.2, -0.15) is 0 Å². The first-order valence-corrected chi connectivity index (χ1v) is 8.52. The van der Waals surface area contributed by atoms with E-state index < -0.39 is 5.60 Å². The number of halogens is 2. The van der Waals surface area contributed by atoms with E-state index in [4.69, 9.17) is 16.3 Å². The number of ether oxygens (including phenoxy) is 1. The molecule has 0 aromatic heterocycles. The molecule has 0 amide bonds. The van der Waals surface area contributed by atoms with Crippen molar-refractivity contribution in [2.75, 3.05) is 20.6 Å². The second-order valence-electron chi connectivity index (χ2n) is 6.72. The van der Waals surface area contributed by atoms with Gasteiger partial charge in [0.05, 0.1) is 5.56 Å². The Bertz CT molecular complexity index is 759. The van der Waals surface area contributed by atoms with Gasteiger partial charge in [-0.05, 0) is 55.9 Å². The van der Waals surface area contributed by atoms with E-state index in [-0.39, 0.29) is 18.4 Å². The highest BCUT2D eigenvalue weighted by Gasteiger charge is 2.42. The summed E-state index contributed by atoms with van der Waals surface area (Å²) in [6, 6.07) is 13.5. The molecule has 0 bridgehead atoms. The zero-order chi connectivity index (χ0) is 17.3. The summed E-state index contributed by atoms with van der Waals surface area (Å²) in [7, 11) is 4.05. The lowest BCUT2D eigenvalue weighted by atomic mass is 9.79. The zero-order valence-corrected chi connectivity index (χ0v) is 16.3. The SMILES string of the molecule is Cc1cccc2c1CC(CCN(C)C)(c1ccc(Cl)cc1)OC2=O.Cl. The molecule has 0 saturated heterocycles. The Labute approximate surface area is 160 Å². The van der Waals surface area contributed by atoms with Crippen LogP contribution >= 0.6 is 24.0 Å². The zero-order valence-electron chi connectivity index (χ0n) is 14.7. The third-order valence-electron chi connectivity index (χ3n) is 4.71. The van der Waals surface area contributed by atoms with Gasteiger partial charge in [-0.1, -0.05) is 35.9 Å². The number of benzene rings is 2. The van der Waals surface area contributed by atoms with Crippen molar-refractivity contribution < 1.29 is 9.53 Å². The minimum absolute atomic E-state index is 0. The summed E-state index contributed by atoms with van der Waals surface area (Å²) in [5.74, 6) is -0.242. The van der Waals surface area contributed by atoms with Crippen molar-refractivity contribution in [1.82, 2.24) is 4.90 Å². The molecule has 134 valence electrons. The largest absolute Gasteiger partial charge is 0.450 e. The highest BCUT2D eigenvalue weighted by molar-refractivity contribution is 6.30. The van der Waals surface area contributed by atoms with Crippen molar-refractivity contribution in [3.8, 4) is 0 Å². The number of cyclic esters (lactones) is 1. The molecule has 5 heteroatoms. The number of hydrogen-bond donors (Lipinski definition) is 0. The van der Waals surface area contributed by atoms with Crippen molar-refractivity contribution in [3.63, 3.8) is 0 Å². The first-order valence-electron chi connectivity index (χ1n) is 8.14. The maximum atomic E-state index is 12.7. The van der Waals surface area contributed by atoms with Gasteiger partial charge in [-0.15, -0.1) is 12.4 Å². The van der Waals surface area contributed by atoms with E-state index in [0.29, 0.717) is 17.0 Å².